The van der Waals surface area contributed by atoms with E-state index < -0.39 is 5.97 Å². The first-order valence-electron chi connectivity index (χ1n) is 19.4. The number of carbonyl (C=O) groups is 3. The Morgan fingerprint density at radius 2 is 1.46 bits per heavy atom. The van der Waals surface area contributed by atoms with Crippen molar-refractivity contribution < 1.29 is 24.2 Å². The maximum atomic E-state index is 11.3. The number of ketones is 1. The molecule has 1 aliphatic carbocycles. The van der Waals surface area contributed by atoms with Crippen molar-refractivity contribution >= 4 is 23.7 Å². The van der Waals surface area contributed by atoms with Crippen LogP contribution in [-0.4, -0.2) is 54.8 Å². The van der Waals surface area contributed by atoms with E-state index in [-0.39, 0.29) is 0 Å². The van der Waals surface area contributed by atoms with E-state index >= 15 is 0 Å². The van der Waals surface area contributed by atoms with Crippen LogP contribution in [0.5, 0.6) is 5.75 Å². The second kappa shape index (κ2) is 23.6. The van der Waals surface area contributed by atoms with Gasteiger partial charge in [-0.25, -0.2) is 0 Å². The second-order valence-electron chi connectivity index (χ2n) is 14.1. The molecule has 286 valence electrons. The van der Waals surface area contributed by atoms with E-state index in [9.17, 15) is 9.59 Å². The van der Waals surface area contributed by atoms with E-state index in [2.05, 4.69) is 106 Å². The Morgan fingerprint density at radius 3 is 1.92 bits per heavy atom. The van der Waals surface area contributed by atoms with Crippen molar-refractivity contribution in [2.24, 2.45) is 0 Å². The van der Waals surface area contributed by atoms with Crippen LogP contribution in [0, 0.1) is 13.8 Å². The van der Waals surface area contributed by atoms with Gasteiger partial charge in [0.2, 0.25) is 0 Å². The highest BCUT2D eigenvalue weighted by atomic mass is 16.5. The van der Waals surface area contributed by atoms with Crippen LogP contribution in [0.4, 0.5) is 5.69 Å². The Morgan fingerprint density at radius 1 is 0.865 bits per heavy atom. The largest absolute Gasteiger partial charge is 0.493 e. The van der Waals surface area contributed by atoms with E-state index in [1.807, 2.05) is 7.05 Å². The Labute approximate surface area is 314 Å². The zero-order chi connectivity index (χ0) is 38.6. The quantitative estimate of drug-likeness (QED) is 0.161. The fourth-order valence-corrected chi connectivity index (χ4v) is 6.70. The standard InChI is InChI=1S/C25H31NO2.C12H19N.C6H12O.C2H4O2/c1-3-14-28-25-11-10-21(15-23(25)19-8-9-19)22-16-24(26(17-22)12-13-27)20-6-4-18(2)5-7-20;1-5-10-7-9(3)8-11(6-2)12(10)13-4;1-3-4-5-6(2)7;1-2(3)4/h4-7,10-11,13,15,19,22,24H,3,8-9,12,14,16-17H2,1-2H3;7-8,13H,5-6H2,1-4H3;3-5H2,1-2H3;1H3,(H,3,4). The van der Waals surface area contributed by atoms with Crippen molar-refractivity contribution in [1.82, 2.24) is 4.90 Å². The molecule has 1 saturated carbocycles. The van der Waals surface area contributed by atoms with Crippen molar-refractivity contribution in [2.75, 3.05) is 32.1 Å². The SMILES string of the molecule is CC(=O)O.CCCCC(C)=O.CCCOc1ccc(C2CC(c3ccc(C)cc3)N(CC=O)C2)cc1C1CC1.CCc1cc(C)cc(CC)c1NC. The fourth-order valence-electron chi connectivity index (χ4n) is 6.70. The molecule has 0 bridgehead atoms. The molecule has 7 nitrogen and oxygen atoms in total. The molecular weight excluding hydrogens is 649 g/mol. The van der Waals surface area contributed by atoms with Crippen LogP contribution in [0.3, 0.4) is 0 Å². The Kier molecular flexibility index (Phi) is 20.0. The summed E-state index contributed by atoms with van der Waals surface area (Å²) in [7, 11) is 2.00. The number of aldehydes is 1. The van der Waals surface area contributed by atoms with Gasteiger partial charge in [0.05, 0.1) is 13.2 Å². The lowest BCUT2D eigenvalue weighted by molar-refractivity contribution is -0.134. The number of ether oxygens (including phenoxy) is 1. The number of benzene rings is 3. The number of nitrogens with one attached hydrogen (secondary N) is 1. The van der Waals surface area contributed by atoms with Gasteiger partial charge in [0.25, 0.3) is 5.97 Å². The van der Waals surface area contributed by atoms with Crippen LogP contribution in [0.1, 0.15) is 143 Å². The molecular formula is C45H66N2O5. The van der Waals surface area contributed by atoms with E-state index in [1.54, 1.807) is 6.92 Å². The highest BCUT2D eigenvalue weighted by molar-refractivity contribution is 5.75. The number of aryl methyl sites for hydroxylation is 4. The number of aliphatic carboxylic acids is 1. The van der Waals surface area contributed by atoms with Gasteiger partial charge in [-0.2, -0.15) is 0 Å². The Bertz CT molecular complexity index is 1500. The number of anilines is 1. The first-order valence-corrected chi connectivity index (χ1v) is 19.4. The van der Waals surface area contributed by atoms with E-state index in [0.29, 0.717) is 30.2 Å². The summed E-state index contributed by atoms with van der Waals surface area (Å²) in [6, 6.07) is 20.5. The number of carboxylic acids is 1. The maximum absolute atomic E-state index is 11.3. The lowest BCUT2D eigenvalue weighted by Crippen LogP contribution is -2.25. The summed E-state index contributed by atoms with van der Waals surface area (Å²) in [4.78, 5) is 32.8. The molecule has 2 atom stereocenters. The molecule has 0 amide bonds. The second-order valence-corrected chi connectivity index (χ2v) is 14.1. The molecule has 1 aliphatic heterocycles. The van der Waals surface area contributed by atoms with Gasteiger partial charge >= 0.3 is 0 Å². The number of rotatable bonds is 14. The summed E-state index contributed by atoms with van der Waals surface area (Å²) < 4.78 is 6.01. The third-order valence-electron chi connectivity index (χ3n) is 9.50. The molecule has 2 fully saturated rings. The third-order valence-corrected chi connectivity index (χ3v) is 9.50. The van der Waals surface area contributed by atoms with Gasteiger partial charge in [0, 0.05) is 38.7 Å². The van der Waals surface area contributed by atoms with Gasteiger partial charge < -0.3 is 24.7 Å². The first-order chi connectivity index (χ1) is 24.9. The Hall–Kier alpha value is -3.97. The first kappa shape index (κ1) is 44.2. The fraction of sp³-hybridized carbons (Fsp3) is 0.533. The number of unbranched alkanes of at least 4 members (excludes halogenated alkanes) is 1. The van der Waals surface area contributed by atoms with Gasteiger partial charge in [0.15, 0.2) is 0 Å². The molecule has 1 heterocycles. The minimum Gasteiger partial charge on any atom is -0.493 e. The number of carbonyl (C=O) groups excluding carboxylic acids is 2. The minimum absolute atomic E-state index is 0.307. The number of nitrogens with zero attached hydrogens (tertiary/aromatic N) is 1. The number of Topliss-reactive ketones (excluding diaryl/α,β-unsaturated/α-hetero) is 1. The molecule has 7 heteroatoms. The third kappa shape index (κ3) is 14.9. The van der Waals surface area contributed by atoms with Crippen LogP contribution in [0.2, 0.25) is 0 Å². The number of likely N-dealkylation sites (tertiary alicyclic amines) is 1. The average Bonchev–Trinajstić information content (AvgIpc) is 3.89. The zero-order valence-electron chi connectivity index (χ0n) is 33.5. The summed E-state index contributed by atoms with van der Waals surface area (Å²) in [6.45, 7) is 17.9. The predicted molar refractivity (Wildman–Crippen MR) is 216 cm³/mol. The van der Waals surface area contributed by atoms with Crippen molar-refractivity contribution in [3.63, 3.8) is 0 Å². The highest BCUT2D eigenvalue weighted by Gasteiger charge is 2.35. The molecule has 52 heavy (non-hydrogen) atoms. The molecule has 0 spiro atoms. The predicted octanol–water partition coefficient (Wildman–Crippen LogP) is 10.4. The average molecular weight is 715 g/mol. The van der Waals surface area contributed by atoms with E-state index in [0.717, 1.165) is 77.1 Å². The molecule has 5 rings (SSSR count). The topological polar surface area (TPSA) is 95.9 Å². The van der Waals surface area contributed by atoms with Gasteiger partial charge in [-0.1, -0.05) is 93.8 Å². The van der Waals surface area contributed by atoms with Gasteiger partial charge in [-0.15, -0.1) is 0 Å². The van der Waals surface area contributed by atoms with Gasteiger partial charge in [-0.3, -0.25) is 9.69 Å². The molecule has 3 aromatic carbocycles. The molecule has 2 N–H and O–H groups in total. The lowest BCUT2D eigenvalue weighted by atomic mass is 9.91. The summed E-state index contributed by atoms with van der Waals surface area (Å²) in [5, 5.41) is 10.7. The molecule has 3 aromatic rings. The van der Waals surface area contributed by atoms with Crippen LogP contribution in [-0.2, 0) is 27.2 Å². The smallest absolute Gasteiger partial charge is 0.300 e. The van der Waals surface area contributed by atoms with Gasteiger partial charge in [0.1, 0.15) is 17.8 Å². The van der Waals surface area contributed by atoms with E-state index in [1.165, 1.54) is 57.5 Å². The van der Waals surface area contributed by atoms with Crippen LogP contribution < -0.4 is 10.1 Å². The summed E-state index contributed by atoms with van der Waals surface area (Å²) in [5.74, 6) is 1.68. The highest BCUT2D eigenvalue weighted by Crippen LogP contribution is 2.47. The zero-order valence-corrected chi connectivity index (χ0v) is 33.5. The minimum atomic E-state index is -0.833. The molecule has 2 aliphatic rings. The summed E-state index contributed by atoms with van der Waals surface area (Å²) in [6.07, 6.45) is 10.8. The maximum Gasteiger partial charge on any atom is 0.300 e. The van der Waals surface area contributed by atoms with Crippen molar-refractivity contribution in [3.05, 3.63) is 93.5 Å². The number of hydrogen-bond donors (Lipinski definition) is 2. The monoisotopic (exact) mass is 714 g/mol. The molecule has 0 radical (unpaired) electrons. The summed E-state index contributed by atoms with van der Waals surface area (Å²) >= 11 is 0. The summed E-state index contributed by atoms with van der Waals surface area (Å²) in [5.41, 5.74) is 10.9. The van der Waals surface area contributed by atoms with Crippen LogP contribution in [0.15, 0.2) is 54.6 Å². The molecule has 2 unspecified atom stereocenters. The molecule has 1 saturated heterocycles. The normalized spacial score (nSPS) is 16.2. The molecule has 0 aromatic heterocycles. The lowest BCUT2D eigenvalue weighted by Gasteiger charge is -2.22. The van der Waals surface area contributed by atoms with Crippen LogP contribution >= 0.6 is 0 Å². The van der Waals surface area contributed by atoms with Crippen molar-refractivity contribution in [2.45, 2.75) is 131 Å². The van der Waals surface area contributed by atoms with Crippen molar-refractivity contribution in [1.29, 1.82) is 0 Å². The Balaban J connectivity index is 0.000000322. The van der Waals surface area contributed by atoms with Crippen molar-refractivity contribution in [3.8, 4) is 5.75 Å². The van der Waals surface area contributed by atoms with E-state index in [4.69, 9.17) is 14.6 Å². The van der Waals surface area contributed by atoms with Crippen LogP contribution in [0.25, 0.3) is 0 Å². The number of carboxylic acid groups (broad SMARTS) is 1. The number of hydrogen-bond acceptors (Lipinski definition) is 6. The van der Waals surface area contributed by atoms with Gasteiger partial charge in [-0.05, 0) is 111 Å².